The Kier molecular flexibility index (Phi) is 56.9. The molecule has 0 aromatic heterocycles. The molecule has 0 aliphatic heterocycles. The molecule has 0 aromatic rings. The average molecular weight is 1010 g/mol. The Balaban J connectivity index is 4.50. The monoisotopic (exact) mass is 1010 g/mol. The van der Waals surface area contributed by atoms with Crippen LogP contribution >= 0.6 is 0 Å². The van der Waals surface area contributed by atoms with E-state index < -0.39 is 6.10 Å². The Morgan fingerprint density at radius 1 is 0.288 bits per heavy atom. The average Bonchev–Trinajstić information content (AvgIpc) is 3.39. The number of unbranched alkanes of at least 4 members (excludes halogenated alkanes) is 22. The van der Waals surface area contributed by atoms with E-state index >= 15 is 0 Å². The van der Waals surface area contributed by atoms with Gasteiger partial charge in [0.2, 0.25) is 0 Å². The highest BCUT2D eigenvalue weighted by Gasteiger charge is 2.19. The highest BCUT2D eigenvalue weighted by molar-refractivity contribution is 5.71. The van der Waals surface area contributed by atoms with Crippen molar-refractivity contribution >= 4 is 17.9 Å². The van der Waals surface area contributed by atoms with Gasteiger partial charge in [-0.1, -0.05) is 232 Å². The van der Waals surface area contributed by atoms with Crippen LogP contribution in [-0.2, 0) is 28.6 Å². The van der Waals surface area contributed by atoms with Gasteiger partial charge in [-0.25, -0.2) is 0 Å². The zero-order valence-corrected chi connectivity index (χ0v) is 47.4. The summed E-state index contributed by atoms with van der Waals surface area (Å²) in [5, 5.41) is 0. The molecule has 0 saturated carbocycles. The van der Waals surface area contributed by atoms with Crippen LogP contribution in [0.15, 0.2) is 122 Å². The lowest BCUT2D eigenvalue weighted by molar-refractivity contribution is -0.167. The highest BCUT2D eigenvalue weighted by Crippen LogP contribution is 2.14. The second-order valence-corrected chi connectivity index (χ2v) is 19.5. The first kappa shape index (κ1) is 68.8. The molecule has 73 heavy (non-hydrogen) atoms. The topological polar surface area (TPSA) is 78.9 Å². The molecule has 6 nitrogen and oxygen atoms in total. The quantitative estimate of drug-likeness (QED) is 0.0261. The van der Waals surface area contributed by atoms with E-state index in [-0.39, 0.29) is 31.1 Å². The lowest BCUT2D eigenvalue weighted by Crippen LogP contribution is -2.30. The summed E-state index contributed by atoms with van der Waals surface area (Å²) in [6.07, 6.45) is 83.3. The molecule has 1 atom stereocenters. The fourth-order valence-corrected chi connectivity index (χ4v) is 7.92. The third-order valence-corrected chi connectivity index (χ3v) is 12.4. The van der Waals surface area contributed by atoms with E-state index in [9.17, 15) is 14.4 Å². The van der Waals surface area contributed by atoms with Crippen LogP contribution < -0.4 is 0 Å². The Bertz CT molecular complexity index is 1540. The molecule has 0 rings (SSSR count). The number of ether oxygens (including phenoxy) is 3. The molecule has 0 saturated heterocycles. The molecule has 0 aromatic carbocycles. The zero-order chi connectivity index (χ0) is 52.9. The molecule has 0 spiro atoms. The maximum absolute atomic E-state index is 12.9. The minimum atomic E-state index is -0.809. The largest absolute Gasteiger partial charge is 0.462 e. The van der Waals surface area contributed by atoms with Crippen LogP contribution in [0.3, 0.4) is 0 Å². The summed E-state index contributed by atoms with van der Waals surface area (Å²) in [4.78, 5) is 38.2. The molecule has 414 valence electrons. The summed E-state index contributed by atoms with van der Waals surface area (Å²) in [5.41, 5.74) is 0. The van der Waals surface area contributed by atoms with Crippen molar-refractivity contribution in [2.45, 2.75) is 271 Å². The van der Waals surface area contributed by atoms with Crippen LogP contribution in [0.2, 0.25) is 0 Å². The van der Waals surface area contributed by atoms with E-state index in [0.29, 0.717) is 25.7 Å². The molecule has 0 N–H and O–H groups in total. The van der Waals surface area contributed by atoms with Gasteiger partial charge in [-0.05, 0) is 135 Å². The normalized spacial score (nSPS) is 13.0. The third kappa shape index (κ3) is 58.6. The van der Waals surface area contributed by atoms with E-state index in [1.165, 1.54) is 96.3 Å². The molecular weight excluding hydrogens is 901 g/mol. The molecule has 0 aliphatic rings. The summed E-state index contributed by atoms with van der Waals surface area (Å²) in [6, 6.07) is 0. The minimum Gasteiger partial charge on any atom is -0.462 e. The SMILES string of the molecule is CC/C=C\C/C=C\C/C=C\C/C=C\C/C=C\C/C=C\CCCCC(=O)OCC(COC(=O)CCCCCCC/C=C\C/C=C\CCCCC)OC(=O)CCCCCCCCCCC/C=C\C/C=C\CCCCC. The smallest absolute Gasteiger partial charge is 0.306 e. The molecule has 0 amide bonds. The van der Waals surface area contributed by atoms with Crippen molar-refractivity contribution in [3.8, 4) is 0 Å². The number of allylic oxidation sites excluding steroid dienone is 20. The number of hydrogen-bond acceptors (Lipinski definition) is 6. The fraction of sp³-hybridized carbons (Fsp3) is 0.657. The van der Waals surface area contributed by atoms with E-state index in [2.05, 4.69) is 142 Å². The predicted octanol–water partition coefficient (Wildman–Crippen LogP) is 20.4. The van der Waals surface area contributed by atoms with E-state index in [1.54, 1.807) is 0 Å². The molecule has 0 fully saturated rings. The van der Waals surface area contributed by atoms with Crippen LogP contribution in [0.1, 0.15) is 265 Å². The van der Waals surface area contributed by atoms with Gasteiger partial charge < -0.3 is 14.2 Å². The summed E-state index contributed by atoms with van der Waals surface area (Å²) in [5.74, 6) is -0.964. The summed E-state index contributed by atoms with van der Waals surface area (Å²) in [7, 11) is 0. The lowest BCUT2D eigenvalue weighted by Gasteiger charge is -2.18. The van der Waals surface area contributed by atoms with Gasteiger partial charge in [0.1, 0.15) is 13.2 Å². The van der Waals surface area contributed by atoms with E-state index in [4.69, 9.17) is 14.2 Å². The van der Waals surface area contributed by atoms with Crippen molar-refractivity contribution in [2.75, 3.05) is 13.2 Å². The molecular formula is C67H110O6. The molecule has 0 aliphatic carbocycles. The van der Waals surface area contributed by atoms with Crippen molar-refractivity contribution in [2.24, 2.45) is 0 Å². The number of rotatable bonds is 53. The molecule has 0 heterocycles. The van der Waals surface area contributed by atoms with Crippen LogP contribution in [0.5, 0.6) is 0 Å². The van der Waals surface area contributed by atoms with Crippen LogP contribution in [-0.4, -0.2) is 37.2 Å². The van der Waals surface area contributed by atoms with Crippen molar-refractivity contribution in [1.82, 2.24) is 0 Å². The number of hydrogen-bond donors (Lipinski definition) is 0. The summed E-state index contributed by atoms with van der Waals surface area (Å²) < 4.78 is 16.8. The zero-order valence-electron chi connectivity index (χ0n) is 47.4. The van der Waals surface area contributed by atoms with Gasteiger partial charge in [0.25, 0.3) is 0 Å². The van der Waals surface area contributed by atoms with E-state index in [0.717, 1.165) is 122 Å². The van der Waals surface area contributed by atoms with Gasteiger partial charge in [-0.3, -0.25) is 14.4 Å². The first-order valence-corrected chi connectivity index (χ1v) is 30.0. The standard InChI is InChI=1S/C67H110O6/c1-4-7-10-13-16-19-22-25-28-30-32-33-35-36-39-42-45-48-51-54-57-60-66(69)72-63-64(62-71-65(68)59-56-53-50-47-44-41-38-27-24-21-18-15-12-9-6-3)73-67(70)61-58-55-52-49-46-43-40-37-34-31-29-26-23-20-17-14-11-8-5-2/h7,10,16-21,25-29,32-33,36,38-39,45,48,64H,4-6,8-9,11-15,22-24,30-31,34-35,37,40-44,46-47,49-63H2,1-3H3/b10-7-,19-16-,20-17-,21-18-,28-25-,29-26-,33-32-,38-27-,39-36-,48-45-. The highest BCUT2D eigenvalue weighted by atomic mass is 16.6. The van der Waals surface area contributed by atoms with Crippen LogP contribution in [0.25, 0.3) is 0 Å². The number of carbonyl (C=O) groups is 3. The molecule has 1 unspecified atom stereocenters. The maximum atomic E-state index is 12.9. The van der Waals surface area contributed by atoms with Crippen molar-refractivity contribution in [3.05, 3.63) is 122 Å². The third-order valence-electron chi connectivity index (χ3n) is 12.4. The van der Waals surface area contributed by atoms with Crippen molar-refractivity contribution in [3.63, 3.8) is 0 Å². The minimum absolute atomic E-state index is 0.104. The Labute approximate surface area is 450 Å². The van der Waals surface area contributed by atoms with Gasteiger partial charge in [0.05, 0.1) is 0 Å². The second kappa shape index (κ2) is 60.4. The van der Waals surface area contributed by atoms with Crippen LogP contribution in [0, 0.1) is 0 Å². The Hall–Kier alpha value is -4.19. The number of carbonyl (C=O) groups excluding carboxylic acids is 3. The van der Waals surface area contributed by atoms with Gasteiger partial charge in [0, 0.05) is 19.3 Å². The lowest BCUT2D eigenvalue weighted by atomic mass is 10.1. The maximum Gasteiger partial charge on any atom is 0.306 e. The molecule has 0 radical (unpaired) electrons. The summed E-state index contributed by atoms with van der Waals surface area (Å²) >= 11 is 0. The second-order valence-electron chi connectivity index (χ2n) is 19.5. The predicted molar refractivity (Wildman–Crippen MR) is 316 cm³/mol. The van der Waals surface area contributed by atoms with Crippen molar-refractivity contribution < 1.29 is 28.6 Å². The first-order valence-electron chi connectivity index (χ1n) is 30.0. The van der Waals surface area contributed by atoms with E-state index in [1.807, 2.05) is 0 Å². The summed E-state index contributed by atoms with van der Waals surface area (Å²) in [6.45, 7) is 6.43. The Morgan fingerprint density at radius 3 is 0.863 bits per heavy atom. The van der Waals surface area contributed by atoms with Crippen molar-refractivity contribution in [1.29, 1.82) is 0 Å². The van der Waals surface area contributed by atoms with Gasteiger partial charge in [0.15, 0.2) is 6.10 Å². The van der Waals surface area contributed by atoms with Gasteiger partial charge in [-0.15, -0.1) is 0 Å². The molecule has 0 bridgehead atoms. The molecule has 6 heteroatoms. The van der Waals surface area contributed by atoms with Gasteiger partial charge >= 0.3 is 17.9 Å². The number of esters is 3. The van der Waals surface area contributed by atoms with Crippen LogP contribution in [0.4, 0.5) is 0 Å². The van der Waals surface area contributed by atoms with Gasteiger partial charge in [-0.2, -0.15) is 0 Å². The fourth-order valence-electron chi connectivity index (χ4n) is 7.92. The first-order chi connectivity index (χ1) is 36.0. The Morgan fingerprint density at radius 2 is 0.534 bits per heavy atom.